The fourth-order valence-corrected chi connectivity index (χ4v) is 1.67. The molecule has 0 spiro atoms. The van der Waals surface area contributed by atoms with Gasteiger partial charge in [0.2, 0.25) is 0 Å². The highest BCUT2D eigenvalue weighted by Gasteiger charge is 2.42. The first-order valence-corrected chi connectivity index (χ1v) is 4.50. The maximum Gasteiger partial charge on any atom is 0.0991 e. The summed E-state index contributed by atoms with van der Waals surface area (Å²) in [6.45, 7) is 0. The van der Waals surface area contributed by atoms with Crippen LogP contribution in [-0.2, 0) is 5.54 Å². The molecule has 1 aromatic carbocycles. The van der Waals surface area contributed by atoms with Gasteiger partial charge in [0.15, 0.2) is 0 Å². The quantitative estimate of drug-likeness (QED) is 0.738. The molecule has 1 aromatic rings. The van der Waals surface area contributed by atoms with Gasteiger partial charge in [-0.25, -0.2) is 0 Å². The molecule has 2 rings (SSSR count). The Labute approximate surface area is 78.2 Å². The Hall–Kier alpha value is -1.33. The zero-order valence-corrected chi connectivity index (χ0v) is 7.67. The summed E-state index contributed by atoms with van der Waals surface area (Å²) in [5.74, 6) is 0. The van der Waals surface area contributed by atoms with Crippen LogP contribution in [0.5, 0.6) is 0 Å². The predicted molar refractivity (Wildman–Crippen MR) is 51.1 cm³/mol. The summed E-state index contributed by atoms with van der Waals surface area (Å²) in [4.78, 5) is 0. The lowest BCUT2D eigenvalue weighted by atomic mass is 10.0. The Morgan fingerprint density at radius 2 is 1.92 bits per heavy atom. The number of nitrogens with one attached hydrogen (secondary N) is 1. The molecule has 2 nitrogen and oxygen atoms in total. The minimum Gasteiger partial charge on any atom is -0.310 e. The van der Waals surface area contributed by atoms with Crippen LogP contribution in [0.2, 0.25) is 0 Å². The van der Waals surface area contributed by atoms with Crippen LogP contribution in [0.25, 0.3) is 0 Å². The van der Waals surface area contributed by atoms with E-state index in [1.165, 1.54) is 18.4 Å². The van der Waals surface area contributed by atoms with Gasteiger partial charge in [0.05, 0.1) is 11.6 Å². The van der Waals surface area contributed by atoms with Gasteiger partial charge in [-0.3, -0.25) is 0 Å². The van der Waals surface area contributed by atoms with Crippen molar-refractivity contribution < 1.29 is 0 Å². The number of hydrogen-bond acceptors (Lipinski definition) is 2. The maximum atomic E-state index is 8.64. The number of nitrogens with zero attached hydrogens (tertiary/aromatic N) is 1. The normalized spacial score (nSPS) is 17.8. The fourth-order valence-electron chi connectivity index (χ4n) is 1.67. The molecule has 0 unspecified atom stereocenters. The van der Waals surface area contributed by atoms with Crippen LogP contribution < -0.4 is 5.32 Å². The van der Waals surface area contributed by atoms with E-state index >= 15 is 0 Å². The Kier molecular flexibility index (Phi) is 1.82. The van der Waals surface area contributed by atoms with E-state index in [4.69, 9.17) is 5.26 Å². The van der Waals surface area contributed by atoms with Crippen LogP contribution in [0.3, 0.4) is 0 Å². The van der Waals surface area contributed by atoms with Gasteiger partial charge in [0.25, 0.3) is 0 Å². The van der Waals surface area contributed by atoms with Crippen molar-refractivity contribution in [1.29, 1.82) is 5.26 Å². The van der Waals surface area contributed by atoms with Crippen molar-refractivity contribution in [2.24, 2.45) is 0 Å². The molecule has 0 saturated heterocycles. The van der Waals surface area contributed by atoms with Gasteiger partial charge in [-0.15, -0.1) is 0 Å². The summed E-state index contributed by atoms with van der Waals surface area (Å²) in [6.07, 6.45) is 2.41. The van der Waals surface area contributed by atoms with E-state index in [9.17, 15) is 0 Å². The van der Waals surface area contributed by atoms with E-state index in [2.05, 4.69) is 11.4 Å². The van der Waals surface area contributed by atoms with Crippen molar-refractivity contribution in [1.82, 2.24) is 5.32 Å². The minimum absolute atomic E-state index is 0.216. The molecule has 0 radical (unpaired) electrons. The van der Waals surface area contributed by atoms with Gasteiger partial charge < -0.3 is 5.32 Å². The average molecular weight is 172 g/mol. The zero-order chi connectivity index (χ0) is 9.31. The van der Waals surface area contributed by atoms with E-state index in [0.29, 0.717) is 0 Å². The van der Waals surface area contributed by atoms with Crippen LogP contribution in [0, 0.1) is 11.3 Å². The summed E-state index contributed by atoms with van der Waals surface area (Å²) in [5, 5.41) is 12.0. The number of nitriles is 1. The second kappa shape index (κ2) is 2.86. The van der Waals surface area contributed by atoms with Crippen molar-refractivity contribution in [2.75, 3.05) is 7.05 Å². The lowest BCUT2D eigenvalue weighted by Gasteiger charge is -2.13. The predicted octanol–water partition coefficient (Wildman–Crippen LogP) is 1.77. The number of rotatable bonds is 2. The molecule has 1 N–H and O–H groups in total. The van der Waals surface area contributed by atoms with E-state index in [1.807, 2.05) is 31.3 Å². The van der Waals surface area contributed by atoms with Gasteiger partial charge in [-0.1, -0.05) is 12.1 Å². The molecular weight excluding hydrogens is 160 g/mol. The van der Waals surface area contributed by atoms with Crippen molar-refractivity contribution in [3.8, 4) is 6.07 Å². The van der Waals surface area contributed by atoms with Gasteiger partial charge >= 0.3 is 0 Å². The molecule has 0 atom stereocenters. The van der Waals surface area contributed by atoms with E-state index in [1.54, 1.807) is 0 Å². The maximum absolute atomic E-state index is 8.64. The molecule has 13 heavy (non-hydrogen) atoms. The third kappa shape index (κ3) is 1.32. The van der Waals surface area contributed by atoms with Crippen molar-refractivity contribution >= 4 is 0 Å². The summed E-state index contributed by atoms with van der Waals surface area (Å²) in [5.41, 5.74) is 2.25. The molecule has 66 valence electrons. The molecule has 0 aliphatic heterocycles. The van der Waals surface area contributed by atoms with Crippen LogP contribution in [0.1, 0.15) is 24.0 Å². The van der Waals surface area contributed by atoms with Crippen LogP contribution in [0.4, 0.5) is 0 Å². The summed E-state index contributed by atoms with van der Waals surface area (Å²) >= 11 is 0. The standard InChI is InChI=1S/C11H12N2/c1-13-11(6-7-11)10-4-2-9(8-12)3-5-10/h2-5,13H,6-7H2,1H3. The van der Waals surface area contributed by atoms with Crippen molar-refractivity contribution in [3.05, 3.63) is 35.4 Å². The first-order chi connectivity index (χ1) is 6.30. The summed E-state index contributed by atoms with van der Waals surface area (Å²) in [6, 6.07) is 9.97. The number of hydrogen-bond donors (Lipinski definition) is 1. The average Bonchev–Trinajstić information content (AvgIpc) is 2.99. The second-order valence-electron chi connectivity index (χ2n) is 3.52. The topological polar surface area (TPSA) is 35.8 Å². The molecule has 1 fully saturated rings. The Morgan fingerprint density at radius 3 is 2.31 bits per heavy atom. The van der Waals surface area contributed by atoms with E-state index in [-0.39, 0.29) is 5.54 Å². The third-order valence-corrected chi connectivity index (χ3v) is 2.80. The Balaban J connectivity index is 2.29. The van der Waals surface area contributed by atoms with Gasteiger partial charge in [-0.2, -0.15) is 5.26 Å². The fraction of sp³-hybridized carbons (Fsp3) is 0.364. The monoisotopic (exact) mass is 172 g/mol. The van der Waals surface area contributed by atoms with Gasteiger partial charge in [0, 0.05) is 5.54 Å². The largest absolute Gasteiger partial charge is 0.310 e. The highest BCUT2D eigenvalue weighted by molar-refractivity contribution is 5.37. The molecule has 0 bridgehead atoms. The number of benzene rings is 1. The van der Waals surface area contributed by atoms with E-state index in [0.717, 1.165) is 5.56 Å². The highest BCUT2D eigenvalue weighted by atomic mass is 15.0. The third-order valence-electron chi connectivity index (χ3n) is 2.80. The van der Waals surface area contributed by atoms with Crippen molar-refractivity contribution in [3.63, 3.8) is 0 Å². The Morgan fingerprint density at radius 1 is 1.31 bits per heavy atom. The van der Waals surface area contributed by atoms with Gasteiger partial charge in [-0.05, 0) is 37.6 Å². The molecule has 0 heterocycles. The first kappa shape index (κ1) is 8.28. The SMILES string of the molecule is CNC1(c2ccc(C#N)cc2)CC1. The Bertz CT molecular complexity index is 341. The minimum atomic E-state index is 0.216. The van der Waals surface area contributed by atoms with Gasteiger partial charge in [0.1, 0.15) is 0 Å². The lowest BCUT2D eigenvalue weighted by molar-refractivity contribution is 0.585. The molecule has 1 aliphatic carbocycles. The van der Waals surface area contributed by atoms with Crippen LogP contribution in [-0.4, -0.2) is 7.05 Å². The highest BCUT2D eigenvalue weighted by Crippen LogP contribution is 2.44. The second-order valence-corrected chi connectivity index (χ2v) is 3.52. The van der Waals surface area contributed by atoms with Crippen molar-refractivity contribution in [2.45, 2.75) is 18.4 Å². The summed E-state index contributed by atoms with van der Waals surface area (Å²) in [7, 11) is 1.99. The first-order valence-electron chi connectivity index (χ1n) is 4.50. The smallest absolute Gasteiger partial charge is 0.0991 e. The molecule has 1 aliphatic rings. The molecule has 0 aromatic heterocycles. The summed E-state index contributed by atoms with van der Waals surface area (Å²) < 4.78 is 0. The van der Waals surface area contributed by atoms with Crippen LogP contribution in [0.15, 0.2) is 24.3 Å². The molecule has 2 heteroatoms. The van der Waals surface area contributed by atoms with Crippen LogP contribution >= 0.6 is 0 Å². The molecule has 1 saturated carbocycles. The zero-order valence-electron chi connectivity index (χ0n) is 7.67. The lowest BCUT2D eigenvalue weighted by Crippen LogP contribution is -2.24. The molecule has 0 amide bonds. The molecular formula is C11H12N2. The van der Waals surface area contributed by atoms with E-state index < -0.39 is 0 Å².